The first kappa shape index (κ1) is 42.8. The molecule has 2 saturated heterocycles. The normalized spacial score (nSPS) is 22.4. The number of morpholine rings is 1. The van der Waals surface area contributed by atoms with E-state index in [9.17, 15) is 19.8 Å². The summed E-state index contributed by atoms with van der Waals surface area (Å²) < 4.78 is 14.0. The average Bonchev–Trinajstić information content (AvgIpc) is 4.00. The number of carboxylic acid groups (broad SMARTS) is 1. The number of nitrogens with one attached hydrogen (secondary N) is 1. The molecule has 0 bridgehead atoms. The first-order valence-electron chi connectivity index (χ1n) is 22.0. The standard InChI is InChI=1S/C53H44N6O8/c1-33(35-16-5-2-6-17-35)54-52(65)58-42-27-26-34(15-14-28-57-43-25-12-11-24-41(43)55-56-57)31-40(42)53(51(58)64)44(49(61)62)46-50(63)67-47(37-20-9-4-10-21-37)45(36-18-7-3-8-19-36)59(46)48(53)38-22-13-23-39(32-38)66-30-29-60/h2-13,16-27,31-33,44-48,60H,28-30H2,1H3,(H,54,65)(H,61,62)/t33-,44+,45+,46+,47-,48-,53+/m1/s1. The zero-order valence-electron chi connectivity index (χ0n) is 36.2. The highest BCUT2D eigenvalue weighted by molar-refractivity contribution is 6.24. The molecule has 3 aliphatic rings. The summed E-state index contributed by atoms with van der Waals surface area (Å²) in [6.07, 6.45) is -0.958. The molecule has 10 rings (SSSR count). The quantitative estimate of drug-likeness (QED) is 0.0946. The molecule has 3 N–H and O–H groups in total. The minimum absolute atomic E-state index is 0.0415. The summed E-state index contributed by atoms with van der Waals surface area (Å²) in [5, 5.41) is 33.0. The molecule has 3 aliphatic heterocycles. The third kappa shape index (κ3) is 7.34. The number of cyclic esters (lactones) is 1. The van der Waals surface area contributed by atoms with Crippen LogP contribution in [-0.4, -0.2) is 73.2 Å². The van der Waals surface area contributed by atoms with Crippen LogP contribution in [0.25, 0.3) is 11.0 Å². The second-order valence-corrected chi connectivity index (χ2v) is 16.7. The van der Waals surface area contributed by atoms with Crippen LogP contribution < -0.4 is 15.0 Å². The zero-order valence-corrected chi connectivity index (χ0v) is 36.2. The fraction of sp³-hybridized carbons (Fsp3) is 0.208. The van der Waals surface area contributed by atoms with Crippen molar-refractivity contribution in [3.8, 4) is 17.6 Å². The average molecular weight is 893 g/mol. The molecular formula is C53H44N6O8. The molecule has 2 fully saturated rings. The maximum Gasteiger partial charge on any atom is 0.329 e. The van der Waals surface area contributed by atoms with Crippen LogP contribution in [0.15, 0.2) is 158 Å². The molecule has 1 aromatic heterocycles. The monoisotopic (exact) mass is 892 g/mol. The number of aliphatic hydroxyl groups excluding tert-OH is 1. The van der Waals surface area contributed by atoms with Crippen molar-refractivity contribution >= 4 is 40.6 Å². The Balaban J connectivity index is 1.21. The maximum atomic E-state index is 16.3. The molecule has 0 aliphatic carbocycles. The fourth-order valence-electron chi connectivity index (χ4n) is 10.2. The van der Waals surface area contributed by atoms with Crippen LogP contribution >= 0.6 is 0 Å². The third-order valence-corrected chi connectivity index (χ3v) is 13.0. The molecule has 334 valence electrons. The number of aliphatic hydroxyl groups is 1. The van der Waals surface area contributed by atoms with Crippen LogP contribution in [0, 0.1) is 17.8 Å². The van der Waals surface area contributed by atoms with Gasteiger partial charge in [-0.3, -0.25) is 19.3 Å². The fourth-order valence-corrected chi connectivity index (χ4v) is 10.2. The lowest BCUT2D eigenvalue weighted by molar-refractivity contribution is -0.179. The number of rotatable bonds is 10. The Morgan fingerprint density at radius 2 is 1.51 bits per heavy atom. The Hall–Kier alpha value is -8.12. The molecule has 7 atom stereocenters. The number of anilines is 1. The molecule has 3 amide bonds. The highest BCUT2D eigenvalue weighted by Gasteiger charge is 2.76. The number of ether oxygens (including phenoxy) is 2. The topological polar surface area (TPSA) is 176 Å². The van der Waals surface area contributed by atoms with Gasteiger partial charge < -0.3 is 25.0 Å². The van der Waals surface area contributed by atoms with E-state index in [0.717, 1.165) is 16.0 Å². The van der Waals surface area contributed by atoms with Gasteiger partial charge in [-0.15, -0.1) is 5.10 Å². The first-order valence-corrected chi connectivity index (χ1v) is 22.0. The number of hydrogen-bond donors (Lipinski definition) is 3. The van der Waals surface area contributed by atoms with Crippen molar-refractivity contribution < 1.29 is 38.9 Å². The summed E-state index contributed by atoms with van der Waals surface area (Å²) in [5.74, 6) is 1.76. The summed E-state index contributed by atoms with van der Waals surface area (Å²) in [7, 11) is 0. The molecular weight excluding hydrogens is 849 g/mol. The Morgan fingerprint density at radius 3 is 2.24 bits per heavy atom. The van der Waals surface area contributed by atoms with Gasteiger partial charge in [-0.25, -0.2) is 14.4 Å². The van der Waals surface area contributed by atoms with Gasteiger partial charge in [0.25, 0.3) is 0 Å². The Kier molecular flexibility index (Phi) is 11.3. The number of imide groups is 1. The molecule has 4 heterocycles. The lowest BCUT2D eigenvalue weighted by Crippen LogP contribution is -2.54. The largest absolute Gasteiger partial charge is 0.491 e. The Labute approximate surface area is 385 Å². The molecule has 6 aromatic carbocycles. The zero-order chi connectivity index (χ0) is 46.2. The summed E-state index contributed by atoms with van der Waals surface area (Å²) in [6, 6.07) is 42.1. The molecule has 0 unspecified atom stereocenters. The van der Waals surface area contributed by atoms with Gasteiger partial charge >= 0.3 is 18.0 Å². The van der Waals surface area contributed by atoms with Gasteiger partial charge in [0.15, 0.2) is 0 Å². The first-order chi connectivity index (χ1) is 32.7. The highest BCUT2D eigenvalue weighted by Crippen LogP contribution is 2.66. The van der Waals surface area contributed by atoms with Crippen LogP contribution in [0.5, 0.6) is 5.75 Å². The van der Waals surface area contributed by atoms with E-state index in [1.54, 1.807) is 54.1 Å². The maximum absolute atomic E-state index is 16.3. The van der Waals surface area contributed by atoms with Gasteiger partial charge in [0, 0.05) is 5.56 Å². The minimum atomic E-state index is -2.17. The number of nitrogens with zero attached hydrogens (tertiary/aromatic N) is 5. The van der Waals surface area contributed by atoms with Gasteiger partial charge in [-0.05, 0) is 77.2 Å². The SMILES string of the molecule is C[C@@H](NC(=O)N1C(=O)[C@@]2(c3cc(C#CCn4nnc5ccccc54)ccc31)[C@H](C(=O)O)[C@H]1C(=O)O[C@H](c3ccccc3)[C@H](c3ccccc3)N1[C@@H]2c1cccc(OCCO)c1)c1ccccc1. The predicted molar refractivity (Wildman–Crippen MR) is 246 cm³/mol. The molecule has 67 heavy (non-hydrogen) atoms. The molecule has 7 aromatic rings. The second-order valence-electron chi connectivity index (χ2n) is 16.7. The number of hydrogen-bond acceptors (Lipinski definition) is 10. The highest BCUT2D eigenvalue weighted by atomic mass is 16.6. The number of esters is 1. The Morgan fingerprint density at radius 1 is 0.821 bits per heavy atom. The number of amides is 3. The predicted octanol–water partition coefficient (Wildman–Crippen LogP) is 7.08. The van der Waals surface area contributed by atoms with Crippen molar-refractivity contribution in [1.82, 2.24) is 25.2 Å². The van der Waals surface area contributed by atoms with E-state index < -0.39 is 65.5 Å². The van der Waals surface area contributed by atoms with E-state index in [1.165, 1.54) is 0 Å². The van der Waals surface area contributed by atoms with Crippen LogP contribution in [0.4, 0.5) is 10.5 Å². The molecule has 0 saturated carbocycles. The van der Waals surface area contributed by atoms with Crippen molar-refractivity contribution in [3.05, 3.63) is 191 Å². The summed E-state index contributed by atoms with van der Waals surface area (Å²) >= 11 is 0. The molecule has 14 nitrogen and oxygen atoms in total. The summed E-state index contributed by atoms with van der Waals surface area (Å²) in [5.41, 5.74) is 2.65. The number of fused-ring (bicyclic) bond motifs is 4. The Bertz CT molecular complexity index is 3080. The van der Waals surface area contributed by atoms with E-state index in [0.29, 0.717) is 33.5 Å². The number of carbonyl (C=O) groups excluding carboxylic acids is 3. The number of aliphatic carboxylic acids is 1. The smallest absolute Gasteiger partial charge is 0.329 e. The van der Waals surface area contributed by atoms with Crippen LogP contribution in [-0.2, 0) is 31.1 Å². The number of para-hydroxylation sites is 1. The van der Waals surface area contributed by atoms with Gasteiger partial charge in [-0.2, -0.15) is 0 Å². The van der Waals surface area contributed by atoms with E-state index in [2.05, 4.69) is 27.5 Å². The molecule has 1 spiro atoms. The molecule has 0 radical (unpaired) electrons. The van der Waals surface area contributed by atoms with Crippen LogP contribution in [0.3, 0.4) is 0 Å². The number of benzene rings is 6. The van der Waals surface area contributed by atoms with Gasteiger partial charge in [0.2, 0.25) is 5.91 Å². The van der Waals surface area contributed by atoms with Crippen molar-refractivity contribution in [2.75, 3.05) is 18.1 Å². The lowest BCUT2D eigenvalue weighted by atomic mass is 9.65. The van der Waals surface area contributed by atoms with Crippen molar-refractivity contribution in [1.29, 1.82) is 0 Å². The van der Waals surface area contributed by atoms with Gasteiger partial charge in [0.05, 0.1) is 35.9 Å². The lowest BCUT2D eigenvalue weighted by Gasteiger charge is -2.46. The number of aromatic nitrogens is 3. The van der Waals surface area contributed by atoms with Gasteiger partial charge in [-0.1, -0.05) is 132 Å². The van der Waals surface area contributed by atoms with Crippen LogP contribution in [0.2, 0.25) is 0 Å². The summed E-state index contributed by atoms with van der Waals surface area (Å²) in [4.78, 5) is 63.4. The number of carboxylic acids is 1. The third-order valence-electron chi connectivity index (χ3n) is 13.0. The van der Waals surface area contributed by atoms with E-state index in [-0.39, 0.29) is 31.0 Å². The van der Waals surface area contributed by atoms with Crippen LogP contribution in [0.1, 0.15) is 64.5 Å². The van der Waals surface area contributed by atoms with Gasteiger partial charge in [0.1, 0.15) is 47.9 Å². The second kappa shape index (κ2) is 17.7. The van der Waals surface area contributed by atoms with E-state index >= 15 is 9.59 Å². The molecule has 14 heteroatoms. The van der Waals surface area contributed by atoms with Crippen molar-refractivity contribution in [3.63, 3.8) is 0 Å². The van der Waals surface area contributed by atoms with Crippen molar-refractivity contribution in [2.24, 2.45) is 5.92 Å². The number of carbonyl (C=O) groups is 4. The summed E-state index contributed by atoms with van der Waals surface area (Å²) in [6.45, 7) is 1.64. The van der Waals surface area contributed by atoms with E-state index in [4.69, 9.17) is 9.47 Å². The van der Waals surface area contributed by atoms with Crippen molar-refractivity contribution in [2.45, 2.75) is 49.2 Å². The van der Waals surface area contributed by atoms with E-state index in [1.807, 2.05) is 120 Å². The minimum Gasteiger partial charge on any atom is -0.491 e. The number of urea groups is 1.